The van der Waals surface area contributed by atoms with Crippen LogP contribution in [0.5, 0.6) is 5.75 Å². The molecule has 0 aliphatic heterocycles. The summed E-state index contributed by atoms with van der Waals surface area (Å²) in [6, 6.07) is 11.7. The minimum Gasteiger partial charge on any atom is -0.494 e. The summed E-state index contributed by atoms with van der Waals surface area (Å²) in [5.74, 6) is 0.686. The molecule has 0 atom stereocenters. The van der Waals surface area contributed by atoms with Crippen molar-refractivity contribution in [1.29, 1.82) is 0 Å². The summed E-state index contributed by atoms with van der Waals surface area (Å²) in [5.41, 5.74) is 1.34. The number of carbonyl (C=O) groups is 1. The summed E-state index contributed by atoms with van der Waals surface area (Å²) in [6.07, 6.45) is 0.838. The van der Waals surface area contributed by atoms with Crippen LogP contribution in [0.25, 0.3) is 0 Å². The van der Waals surface area contributed by atoms with Gasteiger partial charge in [-0.3, -0.25) is 4.79 Å². The minimum absolute atomic E-state index is 0.146. The van der Waals surface area contributed by atoms with Crippen molar-refractivity contribution in [2.75, 3.05) is 18.5 Å². The third-order valence-corrected chi connectivity index (χ3v) is 5.08. The van der Waals surface area contributed by atoms with E-state index in [1.165, 1.54) is 16.2 Å². The van der Waals surface area contributed by atoms with Crippen molar-refractivity contribution >= 4 is 39.4 Å². The van der Waals surface area contributed by atoms with Crippen molar-refractivity contribution in [3.8, 4) is 5.75 Å². The van der Waals surface area contributed by atoms with E-state index < -0.39 is 0 Å². The maximum Gasteiger partial charge on any atom is 0.270 e. The number of rotatable bonds is 8. The number of thiazole rings is 1. The first kappa shape index (κ1) is 17.4. The zero-order chi connectivity index (χ0) is 17.5. The maximum atomic E-state index is 12.1. The third kappa shape index (κ3) is 5.04. The second kappa shape index (κ2) is 8.64. The molecule has 5 nitrogen and oxygen atoms in total. The highest BCUT2D eigenvalue weighted by Crippen LogP contribution is 2.23. The predicted molar refractivity (Wildman–Crippen MR) is 103 cm³/mol. The lowest BCUT2D eigenvalue weighted by Gasteiger charge is -2.05. The molecule has 0 aliphatic rings. The molecule has 0 fully saturated rings. The number of aromatic nitrogens is 1. The van der Waals surface area contributed by atoms with Crippen molar-refractivity contribution in [3.63, 3.8) is 0 Å². The van der Waals surface area contributed by atoms with Crippen LogP contribution in [0.1, 0.15) is 22.3 Å². The van der Waals surface area contributed by atoms with Gasteiger partial charge in [0.1, 0.15) is 11.4 Å². The van der Waals surface area contributed by atoms with E-state index in [1.807, 2.05) is 42.6 Å². The number of hydrogen-bond acceptors (Lipinski definition) is 6. The topological polar surface area (TPSA) is 63.2 Å². The Morgan fingerprint density at radius 2 is 2.04 bits per heavy atom. The van der Waals surface area contributed by atoms with Crippen LogP contribution in [0.2, 0.25) is 0 Å². The first-order chi connectivity index (χ1) is 12.2. The average Bonchev–Trinajstić information content (AvgIpc) is 3.29. The zero-order valence-corrected chi connectivity index (χ0v) is 15.5. The van der Waals surface area contributed by atoms with Gasteiger partial charge in [0.25, 0.3) is 5.91 Å². The van der Waals surface area contributed by atoms with Crippen LogP contribution in [0.3, 0.4) is 0 Å². The van der Waals surface area contributed by atoms with E-state index in [1.54, 1.807) is 16.7 Å². The number of amides is 1. The van der Waals surface area contributed by atoms with Gasteiger partial charge >= 0.3 is 0 Å². The first-order valence-corrected chi connectivity index (χ1v) is 9.76. The number of thiophene rings is 1. The molecule has 1 aromatic carbocycles. The van der Waals surface area contributed by atoms with E-state index in [0.717, 1.165) is 17.9 Å². The Balaban J connectivity index is 1.51. The van der Waals surface area contributed by atoms with Crippen LogP contribution in [-0.2, 0) is 6.42 Å². The van der Waals surface area contributed by atoms with Crippen molar-refractivity contribution in [1.82, 2.24) is 10.3 Å². The molecular formula is C18H19N3O2S2. The molecular weight excluding hydrogens is 354 g/mol. The number of ether oxygens (including phenoxy) is 1. The molecule has 0 aliphatic carbocycles. The Labute approximate surface area is 154 Å². The summed E-state index contributed by atoms with van der Waals surface area (Å²) in [5, 5.41) is 10.6. The van der Waals surface area contributed by atoms with E-state index in [9.17, 15) is 4.79 Å². The normalized spacial score (nSPS) is 10.4. The van der Waals surface area contributed by atoms with Crippen molar-refractivity contribution in [2.24, 2.45) is 0 Å². The lowest BCUT2D eigenvalue weighted by atomic mass is 10.3. The van der Waals surface area contributed by atoms with Crippen LogP contribution >= 0.6 is 22.7 Å². The quantitative estimate of drug-likeness (QED) is 0.617. The van der Waals surface area contributed by atoms with Crippen LogP contribution in [0.15, 0.2) is 47.2 Å². The molecule has 2 aromatic heterocycles. The van der Waals surface area contributed by atoms with Gasteiger partial charge in [-0.15, -0.1) is 22.7 Å². The van der Waals surface area contributed by atoms with E-state index >= 15 is 0 Å². The summed E-state index contributed by atoms with van der Waals surface area (Å²) in [4.78, 5) is 17.8. The highest BCUT2D eigenvalue weighted by Gasteiger charge is 2.10. The van der Waals surface area contributed by atoms with Crippen molar-refractivity contribution in [2.45, 2.75) is 13.3 Å². The fourth-order valence-electron chi connectivity index (χ4n) is 2.20. The fourth-order valence-corrected chi connectivity index (χ4v) is 3.62. The van der Waals surface area contributed by atoms with Gasteiger partial charge in [-0.25, -0.2) is 4.98 Å². The number of anilines is 2. The Morgan fingerprint density at radius 1 is 1.20 bits per heavy atom. The Kier molecular flexibility index (Phi) is 6.03. The number of nitrogens with zero attached hydrogens (tertiary/aromatic N) is 1. The predicted octanol–water partition coefficient (Wildman–Crippen LogP) is 4.32. The first-order valence-electron chi connectivity index (χ1n) is 8.00. The number of carbonyl (C=O) groups excluding carboxylic acids is 1. The number of benzene rings is 1. The second-order valence-corrected chi connectivity index (χ2v) is 7.10. The third-order valence-electron chi connectivity index (χ3n) is 3.39. The van der Waals surface area contributed by atoms with Gasteiger partial charge in [-0.05, 0) is 49.1 Å². The number of hydrogen-bond donors (Lipinski definition) is 2. The molecule has 130 valence electrons. The summed E-state index contributed by atoms with van der Waals surface area (Å²) < 4.78 is 5.42. The van der Waals surface area contributed by atoms with Crippen LogP contribution < -0.4 is 15.4 Å². The standard InChI is InChI=1S/C18H19N3O2S2/c1-2-23-14-7-5-13(6-8-14)20-18-21-16(12-25-18)17(22)19-10-9-15-4-3-11-24-15/h3-8,11-12H,2,9-10H2,1H3,(H,19,22)(H,20,21). The molecule has 2 heterocycles. The van der Waals surface area contributed by atoms with Crippen LogP contribution in [-0.4, -0.2) is 24.0 Å². The van der Waals surface area contributed by atoms with Gasteiger partial charge in [0, 0.05) is 22.5 Å². The lowest BCUT2D eigenvalue weighted by Crippen LogP contribution is -2.25. The van der Waals surface area contributed by atoms with Gasteiger partial charge in [0.15, 0.2) is 5.13 Å². The number of nitrogens with one attached hydrogen (secondary N) is 2. The Bertz CT molecular complexity index is 798. The molecule has 0 saturated carbocycles. The molecule has 0 bridgehead atoms. The average molecular weight is 374 g/mol. The molecule has 25 heavy (non-hydrogen) atoms. The molecule has 7 heteroatoms. The van der Waals surface area contributed by atoms with Gasteiger partial charge in [-0.2, -0.15) is 0 Å². The van der Waals surface area contributed by atoms with E-state index in [-0.39, 0.29) is 5.91 Å². The molecule has 3 rings (SSSR count). The minimum atomic E-state index is -0.146. The van der Waals surface area contributed by atoms with Crippen LogP contribution in [0.4, 0.5) is 10.8 Å². The Morgan fingerprint density at radius 3 is 2.76 bits per heavy atom. The molecule has 0 spiro atoms. The second-order valence-electron chi connectivity index (χ2n) is 5.21. The molecule has 3 aromatic rings. The lowest BCUT2D eigenvalue weighted by molar-refractivity contribution is 0.0950. The smallest absolute Gasteiger partial charge is 0.270 e. The molecule has 0 saturated heterocycles. The molecule has 2 N–H and O–H groups in total. The monoisotopic (exact) mass is 373 g/mol. The molecule has 0 radical (unpaired) electrons. The van der Waals surface area contributed by atoms with E-state index in [0.29, 0.717) is 24.0 Å². The van der Waals surface area contributed by atoms with Crippen LogP contribution in [0, 0.1) is 0 Å². The largest absolute Gasteiger partial charge is 0.494 e. The fraction of sp³-hybridized carbons (Fsp3) is 0.222. The summed E-state index contributed by atoms with van der Waals surface area (Å²) in [7, 11) is 0. The maximum absolute atomic E-state index is 12.1. The highest BCUT2D eigenvalue weighted by atomic mass is 32.1. The summed E-state index contributed by atoms with van der Waals surface area (Å²) >= 11 is 3.10. The van der Waals surface area contributed by atoms with E-state index in [4.69, 9.17) is 4.74 Å². The van der Waals surface area contributed by atoms with Gasteiger partial charge in [0.2, 0.25) is 0 Å². The molecule has 0 unspecified atom stereocenters. The SMILES string of the molecule is CCOc1ccc(Nc2nc(C(=O)NCCc3cccs3)cs2)cc1. The molecule has 1 amide bonds. The zero-order valence-electron chi connectivity index (χ0n) is 13.8. The van der Waals surface area contributed by atoms with Crippen molar-refractivity contribution in [3.05, 3.63) is 57.7 Å². The van der Waals surface area contributed by atoms with Gasteiger partial charge in [0.05, 0.1) is 6.61 Å². The summed E-state index contributed by atoms with van der Waals surface area (Å²) in [6.45, 7) is 3.21. The van der Waals surface area contributed by atoms with E-state index in [2.05, 4.69) is 21.7 Å². The Hall–Kier alpha value is -2.38. The highest BCUT2D eigenvalue weighted by molar-refractivity contribution is 7.14. The van der Waals surface area contributed by atoms with Gasteiger partial charge < -0.3 is 15.4 Å². The van der Waals surface area contributed by atoms with Gasteiger partial charge in [-0.1, -0.05) is 6.07 Å². The van der Waals surface area contributed by atoms with Crippen molar-refractivity contribution < 1.29 is 9.53 Å².